The summed E-state index contributed by atoms with van der Waals surface area (Å²) in [5.74, 6) is 1.19. The molecule has 0 radical (unpaired) electrons. The van der Waals surface area contributed by atoms with Crippen LogP contribution in [0.15, 0.2) is 32.7 Å². The van der Waals surface area contributed by atoms with Gasteiger partial charge in [-0.05, 0) is 26.0 Å². The molecule has 0 atom stereocenters. The quantitative estimate of drug-likeness (QED) is 0.800. The largest absolute Gasteiger partial charge is 0.463 e. The average Bonchev–Trinajstić information content (AvgIpc) is 3.16. The van der Waals surface area contributed by atoms with E-state index in [4.69, 9.17) is 8.94 Å². The lowest BCUT2D eigenvalue weighted by Gasteiger charge is -2.01. The van der Waals surface area contributed by atoms with E-state index >= 15 is 0 Å². The summed E-state index contributed by atoms with van der Waals surface area (Å²) >= 11 is 1.36. The third-order valence-electron chi connectivity index (χ3n) is 3.04. The van der Waals surface area contributed by atoms with Crippen molar-refractivity contribution in [2.24, 2.45) is 0 Å². The molecule has 0 bridgehead atoms. The second kappa shape index (κ2) is 5.53. The number of hydrogen-bond donors (Lipinski definition) is 1. The molecule has 3 aromatic heterocycles. The van der Waals surface area contributed by atoms with E-state index in [2.05, 4.69) is 15.5 Å². The Kier molecular flexibility index (Phi) is 3.57. The molecule has 0 aliphatic rings. The molecule has 0 aromatic carbocycles. The van der Waals surface area contributed by atoms with Gasteiger partial charge in [0.1, 0.15) is 11.5 Å². The lowest BCUT2D eigenvalue weighted by atomic mass is 10.1. The van der Waals surface area contributed by atoms with Gasteiger partial charge in [0, 0.05) is 10.9 Å². The Morgan fingerprint density at radius 3 is 2.95 bits per heavy atom. The molecule has 1 amide bonds. The van der Waals surface area contributed by atoms with E-state index in [-0.39, 0.29) is 12.3 Å². The van der Waals surface area contributed by atoms with Crippen molar-refractivity contribution < 1.29 is 13.7 Å². The second-order valence-electron chi connectivity index (χ2n) is 4.54. The fraction of sp³-hybridized carbons (Fsp3) is 0.214. The topological polar surface area (TPSA) is 81.2 Å². The molecular formula is C14H13N3O3S. The zero-order valence-electron chi connectivity index (χ0n) is 11.5. The SMILES string of the molecule is Cc1noc(C)c1CC(=O)Nc1nc(-c2ccco2)cs1. The number of nitrogens with zero attached hydrogens (tertiary/aromatic N) is 2. The maximum atomic E-state index is 12.0. The van der Waals surface area contributed by atoms with Gasteiger partial charge in [0.15, 0.2) is 10.9 Å². The van der Waals surface area contributed by atoms with Crippen LogP contribution in [0.5, 0.6) is 0 Å². The standard InChI is InChI=1S/C14H13N3O3S/c1-8-10(9(2)20-17-8)6-13(18)16-14-15-11(7-21-14)12-4-3-5-19-12/h3-5,7H,6H2,1-2H3,(H,15,16,18). The van der Waals surface area contributed by atoms with E-state index in [1.807, 2.05) is 18.4 Å². The highest BCUT2D eigenvalue weighted by molar-refractivity contribution is 7.14. The van der Waals surface area contributed by atoms with Crippen LogP contribution in [0.25, 0.3) is 11.5 Å². The van der Waals surface area contributed by atoms with Crippen LogP contribution >= 0.6 is 11.3 Å². The zero-order chi connectivity index (χ0) is 14.8. The first kappa shape index (κ1) is 13.6. The smallest absolute Gasteiger partial charge is 0.230 e. The molecule has 7 heteroatoms. The van der Waals surface area contributed by atoms with E-state index in [1.165, 1.54) is 11.3 Å². The minimum Gasteiger partial charge on any atom is -0.463 e. The van der Waals surface area contributed by atoms with Crippen LogP contribution in [-0.2, 0) is 11.2 Å². The van der Waals surface area contributed by atoms with Crippen molar-refractivity contribution >= 4 is 22.4 Å². The molecule has 0 aliphatic heterocycles. The van der Waals surface area contributed by atoms with Crippen LogP contribution in [0.4, 0.5) is 5.13 Å². The number of nitrogens with one attached hydrogen (secondary N) is 1. The Labute approximate surface area is 124 Å². The first-order chi connectivity index (χ1) is 10.1. The van der Waals surface area contributed by atoms with E-state index in [9.17, 15) is 4.79 Å². The molecule has 6 nitrogen and oxygen atoms in total. The summed E-state index contributed by atoms with van der Waals surface area (Å²) in [5.41, 5.74) is 2.26. The first-order valence-electron chi connectivity index (χ1n) is 6.34. The van der Waals surface area contributed by atoms with Crippen molar-refractivity contribution in [3.05, 3.63) is 40.8 Å². The maximum absolute atomic E-state index is 12.0. The molecule has 0 aliphatic carbocycles. The molecule has 0 unspecified atom stereocenters. The van der Waals surface area contributed by atoms with E-state index in [0.717, 1.165) is 11.3 Å². The van der Waals surface area contributed by atoms with Gasteiger partial charge in [-0.2, -0.15) is 0 Å². The molecule has 3 rings (SSSR count). The van der Waals surface area contributed by atoms with Gasteiger partial charge in [-0.1, -0.05) is 5.16 Å². The first-order valence-corrected chi connectivity index (χ1v) is 7.22. The molecule has 108 valence electrons. The van der Waals surface area contributed by atoms with Gasteiger partial charge in [-0.25, -0.2) is 4.98 Å². The molecule has 21 heavy (non-hydrogen) atoms. The molecule has 3 heterocycles. The van der Waals surface area contributed by atoms with Crippen LogP contribution in [0.2, 0.25) is 0 Å². The maximum Gasteiger partial charge on any atom is 0.230 e. The van der Waals surface area contributed by atoms with Crippen LogP contribution in [0.1, 0.15) is 17.0 Å². The number of hydrogen-bond acceptors (Lipinski definition) is 6. The predicted molar refractivity (Wildman–Crippen MR) is 78.1 cm³/mol. The number of thiazole rings is 1. The van der Waals surface area contributed by atoms with Crippen molar-refractivity contribution in [3.63, 3.8) is 0 Å². The van der Waals surface area contributed by atoms with Gasteiger partial charge in [0.2, 0.25) is 5.91 Å². The summed E-state index contributed by atoms with van der Waals surface area (Å²) in [6, 6.07) is 3.62. The third kappa shape index (κ3) is 2.87. The lowest BCUT2D eigenvalue weighted by Crippen LogP contribution is -2.15. The van der Waals surface area contributed by atoms with Crippen molar-refractivity contribution in [3.8, 4) is 11.5 Å². The van der Waals surface area contributed by atoms with Crippen molar-refractivity contribution in [1.29, 1.82) is 0 Å². The molecule has 0 fully saturated rings. The second-order valence-corrected chi connectivity index (χ2v) is 5.40. The van der Waals surface area contributed by atoms with Gasteiger partial charge in [-0.15, -0.1) is 11.3 Å². The highest BCUT2D eigenvalue weighted by Crippen LogP contribution is 2.25. The number of carbonyl (C=O) groups is 1. The fourth-order valence-corrected chi connectivity index (χ4v) is 2.66. The summed E-state index contributed by atoms with van der Waals surface area (Å²) in [4.78, 5) is 16.4. The van der Waals surface area contributed by atoms with Crippen molar-refractivity contribution in [1.82, 2.24) is 10.1 Å². The normalized spacial score (nSPS) is 10.8. The molecule has 1 N–H and O–H groups in total. The Balaban J connectivity index is 1.68. The Morgan fingerprint density at radius 1 is 1.43 bits per heavy atom. The Bertz CT molecular complexity index is 739. The molecule has 3 aromatic rings. The monoisotopic (exact) mass is 303 g/mol. The zero-order valence-corrected chi connectivity index (χ0v) is 12.4. The van der Waals surface area contributed by atoms with Crippen LogP contribution in [0.3, 0.4) is 0 Å². The van der Waals surface area contributed by atoms with E-state index in [0.29, 0.717) is 22.3 Å². The van der Waals surface area contributed by atoms with Crippen LogP contribution in [-0.4, -0.2) is 16.0 Å². The minimum absolute atomic E-state index is 0.148. The van der Waals surface area contributed by atoms with Gasteiger partial charge < -0.3 is 14.3 Å². The number of carbonyl (C=O) groups excluding carboxylic acids is 1. The van der Waals surface area contributed by atoms with Crippen LogP contribution < -0.4 is 5.32 Å². The fourth-order valence-electron chi connectivity index (χ4n) is 1.95. The predicted octanol–water partition coefficient (Wildman–Crippen LogP) is 3.19. The van der Waals surface area contributed by atoms with Gasteiger partial charge in [0.25, 0.3) is 0 Å². The summed E-state index contributed by atoms with van der Waals surface area (Å²) in [7, 11) is 0. The van der Waals surface area contributed by atoms with E-state index in [1.54, 1.807) is 19.3 Å². The third-order valence-corrected chi connectivity index (χ3v) is 3.80. The van der Waals surface area contributed by atoms with Crippen molar-refractivity contribution in [2.45, 2.75) is 20.3 Å². The highest BCUT2D eigenvalue weighted by Gasteiger charge is 2.15. The van der Waals surface area contributed by atoms with Gasteiger partial charge in [0.05, 0.1) is 18.4 Å². The number of aryl methyl sites for hydroxylation is 2. The summed E-state index contributed by atoms with van der Waals surface area (Å²) in [6.07, 6.45) is 1.81. The summed E-state index contributed by atoms with van der Waals surface area (Å²) < 4.78 is 10.3. The van der Waals surface area contributed by atoms with E-state index < -0.39 is 0 Å². The lowest BCUT2D eigenvalue weighted by molar-refractivity contribution is -0.115. The molecular weight excluding hydrogens is 290 g/mol. The van der Waals surface area contributed by atoms with Gasteiger partial charge in [-0.3, -0.25) is 4.79 Å². The molecule has 0 saturated carbocycles. The van der Waals surface area contributed by atoms with Crippen LogP contribution in [0, 0.1) is 13.8 Å². The minimum atomic E-state index is -0.148. The number of anilines is 1. The Morgan fingerprint density at radius 2 is 2.29 bits per heavy atom. The highest BCUT2D eigenvalue weighted by atomic mass is 32.1. The molecule has 0 saturated heterocycles. The van der Waals surface area contributed by atoms with Gasteiger partial charge >= 0.3 is 0 Å². The molecule has 0 spiro atoms. The number of furan rings is 1. The number of amides is 1. The summed E-state index contributed by atoms with van der Waals surface area (Å²) in [6.45, 7) is 3.61. The summed E-state index contributed by atoms with van der Waals surface area (Å²) in [5, 5.41) is 8.99. The Hall–Kier alpha value is -2.41. The van der Waals surface area contributed by atoms with Crippen molar-refractivity contribution in [2.75, 3.05) is 5.32 Å². The average molecular weight is 303 g/mol. The number of aromatic nitrogens is 2. The number of rotatable bonds is 4.